The molecule has 26 heavy (non-hydrogen) atoms. The number of pyridine rings is 1. The van der Waals surface area contributed by atoms with Crippen LogP contribution in [0.1, 0.15) is 34.3 Å². The van der Waals surface area contributed by atoms with Gasteiger partial charge < -0.3 is 14.5 Å². The Balaban J connectivity index is 1.68. The highest BCUT2D eigenvalue weighted by atomic mass is 16.5. The Morgan fingerprint density at radius 2 is 1.88 bits per heavy atom. The lowest BCUT2D eigenvalue weighted by Gasteiger charge is -2.41. The average Bonchev–Trinajstić information content (AvgIpc) is 2.76. The third-order valence-corrected chi connectivity index (χ3v) is 5.47. The van der Waals surface area contributed by atoms with Crippen LogP contribution in [0.4, 0.5) is 0 Å². The number of carbonyl (C=O) groups is 1. The summed E-state index contributed by atoms with van der Waals surface area (Å²) in [5.74, 6) is 0.484. The van der Waals surface area contributed by atoms with Gasteiger partial charge in [-0.2, -0.15) is 0 Å². The van der Waals surface area contributed by atoms with E-state index in [1.807, 2.05) is 11.0 Å². The van der Waals surface area contributed by atoms with Crippen LogP contribution in [0.3, 0.4) is 0 Å². The molecule has 5 heteroatoms. The maximum Gasteiger partial charge on any atom is 0.259 e. The molecule has 2 aliphatic heterocycles. The summed E-state index contributed by atoms with van der Waals surface area (Å²) in [5.41, 5.74) is 2.57. The molecule has 4 rings (SSSR count). The van der Waals surface area contributed by atoms with Crippen molar-refractivity contribution in [3.8, 4) is 5.88 Å². The van der Waals surface area contributed by atoms with Crippen LogP contribution >= 0.6 is 0 Å². The average molecular weight is 351 g/mol. The van der Waals surface area contributed by atoms with Gasteiger partial charge in [-0.3, -0.25) is 4.79 Å². The number of aromatic nitrogens is 1. The number of likely N-dealkylation sites (tertiary alicyclic amines) is 1. The molecule has 0 N–H and O–H groups in total. The molecule has 0 radical (unpaired) electrons. The normalized spacial score (nSPS) is 19.8. The zero-order chi connectivity index (χ0) is 18.1. The summed E-state index contributed by atoms with van der Waals surface area (Å²) in [5, 5.41) is 0. The van der Waals surface area contributed by atoms with Crippen molar-refractivity contribution in [1.29, 1.82) is 0 Å². The molecule has 1 aromatic carbocycles. The highest BCUT2D eigenvalue weighted by Gasteiger charge is 2.42. The Bertz CT molecular complexity index is 795. The molecule has 1 saturated heterocycles. The number of piperidine rings is 1. The molecule has 1 spiro atoms. The first-order chi connectivity index (χ1) is 12.5. The van der Waals surface area contributed by atoms with Crippen LogP contribution in [-0.2, 0) is 6.54 Å². The van der Waals surface area contributed by atoms with Crippen LogP contribution in [0.2, 0.25) is 0 Å². The fourth-order valence-corrected chi connectivity index (χ4v) is 3.79. The predicted octanol–water partition coefficient (Wildman–Crippen LogP) is 2.89. The highest BCUT2D eigenvalue weighted by molar-refractivity contribution is 5.96. The molecule has 2 aromatic rings. The van der Waals surface area contributed by atoms with Crippen LogP contribution in [0, 0.1) is 6.92 Å². The van der Waals surface area contributed by atoms with Gasteiger partial charge in [-0.1, -0.05) is 29.8 Å². The Kier molecular flexibility index (Phi) is 4.41. The van der Waals surface area contributed by atoms with Crippen molar-refractivity contribution in [2.75, 3.05) is 26.7 Å². The second-order valence-corrected chi connectivity index (χ2v) is 7.59. The second kappa shape index (κ2) is 6.72. The summed E-state index contributed by atoms with van der Waals surface area (Å²) in [7, 11) is 2.13. The quantitative estimate of drug-likeness (QED) is 0.835. The summed E-state index contributed by atoms with van der Waals surface area (Å²) in [6, 6.07) is 12.0. The number of nitrogens with zero attached hydrogens (tertiary/aromatic N) is 3. The van der Waals surface area contributed by atoms with E-state index in [1.54, 1.807) is 12.3 Å². The molecule has 0 bridgehead atoms. The molecule has 0 unspecified atom stereocenters. The fraction of sp³-hybridized carbons (Fsp3) is 0.429. The minimum atomic E-state index is -0.355. The van der Waals surface area contributed by atoms with Gasteiger partial charge in [0.05, 0.1) is 6.54 Å². The summed E-state index contributed by atoms with van der Waals surface area (Å²) in [6.07, 6.45) is 3.50. The molecule has 1 fully saturated rings. The number of benzene rings is 1. The maximum absolute atomic E-state index is 13.2. The topological polar surface area (TPSA) is 45.7 Å². The summed E-state index contributed by atoms with van der Waals surface area (Å²) in [6.45, 7) is 5.20. The first kappa shape index (κ1) is 17.0. The molecule has 3 heterocycles. The molecule has 2 aliphatic rings. The number of aryl methyl sites for hydroxylation is 1. The Hall–Kier alpha value is -2.40. The van der Waals surface area contributed by atoms with E-state index in [0.717, 1.165) is 31.5 Å². The molecule has 0 atom stereocenters. The number of amides is 1. The Labute approximate surface area is 154 Å². The summed E-state index contributed by atoms with van der Waals surface area (Å²) >= 11 is 0. The number of rotatable bonds is 2. The lowest BCUT2D eigenvalue weighted by Crippen LogP contribution is -2.53. The molecule has 5 nitrogen and oxygen atoms in total. The van der Waals surface area contributed by atoms with Crippen molar-refractivity contribution in [3.05, 3.63) is 59.3 Å². The SMILES string of the molecule is Cc1ccc(CN2CC3(CCN(C)CC3)Oc3ncccc3C2=O)cc1. The predicted molar refractivity (Wildman–Crippen MR) is 100 cm³/mol. The molecule has 0 aliphatic carbocycles. The lowest BCUT2D eigenvalue weighted by molar-refractivity contribution is -0.0140. The monoisotopic (exact) mass is 351 g/mol. The van der Waals surface area contributed by atoms with Crippen molar-refractivity contribution >= 4 is 5.91 Å². The van der Waals surface area contributed by atoms with Crippen LogP contribution in [-0.4, -0.2) is 53.0 Å². The van der Waals surface area contributed by atoms with Crippen molar-refractivity contribution in [3.63, 3.8) is 0 Å². The third kappa shape index (κ3) is 3.31. The maximum atomic E-state index is 13.2. The molecule has 136 valence electrons. The van der Waals surface area contributed by atoms with E-state index >= 15 is 0 Å². The zero-order valence-electron chi connectivity index (χ0n) is 15.4. The number of carbonyl (C=O) groups excluding carboxylic acids is 1. The van der Waals surface area contributed by atoms with Crippen molar-refractivity contribution < 1.29 is 9.53 Å². The minimum Gasteiger partial charge on any atom is -0.468 e. The van der Waals surface area contributed by atoms with Gasteiger partial charge in [0.25, 0.3) is 5.91 Å². The zero-order valence-corrected chi connectivity index (χ0v) is 15.4. The van der Waals surface area contributed by atoms with E-state index in [9.17, 15) is 4.79 Å². The van der Waals surface area contributed by atoms with Gasteiger partial charge >= 0.3 is 0 Å². The number of hydrogen-bond acceptors (Lipinski definition) is 4. The molecular formula is C21H25N3O2. The van der Waals surface area contributed by atoms with Gasteiger partial charge in [-0.05, 0) is 31.7 Å². The lowest BCUT2D eigenvalue weighted by atomic mass is 9.90. The first-order valence-electron chi connectivity index (χ1n) is 9.22. The van der Waals surface area contributed by atoms with Gasteiger partial charge in [0.1, 0.15) is 11.2 Å². The van der Waals surface area contributed by atoms with Crippen LogP contribution in [0.5, 0.6) is 5.88 Å². The summed E-state index contributed by atoms with van der Waals surface area (Å²) < 4.78 is 6.39. The number of ether oxygens (including phenoxy) is 1. The second-order valence-electron chi connectivity index (χ2n) is 7.59. The Morgan fingerprint density at radius 1 is 1.15 bits per heavy atom. The van der Waals surface area contributed by atoms with E-state index in [4.69, 9.17) is 4.74 Å². The molecule has 1 aromatic heterocycles. The van der Waals surface area contributed by atoms with E-state index in [1.165, 1.54) is 5.56 Å². The largest absolute Gasteiger partial charge is 0.468 e. The molecule has 0 saturated carbocycles. The minimum absolute atomic E-state index is 0.00415. The van der Waals surface area contributed by atoms with Gasteiger partial charge in [-0.15, -0.1) is 0 Å². The van der Waals surface area contributed by atoms with Crippen molar-refractivity contribution in [1.82, 2.24) is 14.8 Å². The standard InChI is InChI=1S/C21H25N3O2/c1-16-5-7-17(8-6-16)14-24-15-21(9-12-23(2)13-10-21)26-19-18(20(24)25)4-3-11-22-19/h3-8,11H,9-10,12-15H2,1-2H3. The van der Waals surface area contributed by atoms with Gasteiger partial charge in [0, 0.05) is 38.7 Å². The molecular weight excluding hydrogens is 326 g/mol. The van der Waals surface area contributed by atoms with Crippen LogP contribution in [0.25, 0.3) is 0 Å². The Morgan fingerprint density at radius 3 is 2.62 bits per heavy atom. The van der Waals surface area contributed by atoms with Gasteiger partial charge in [0.2, 0.25) is 5.88 Å². The molecule has 1 amide bonds. The van der Waals surface area contributed by atoms with Crippen molar-refractivity contribution in [2.24, 2.45) is 0 Å². The van der Waals surface area contributed by atoms with E-state index < -0.39 is 0 Å². The van der Waals surface area contributed by atoms with Gasteiger partial charge in [0.15, 0.2) is 0 Å². The van der Waals surface area contributed by atoms with E-state index in [0.29, 0.717) is 24.5 Å². The highest BCUT2D eigenvalue weighted by Crippen LogP contribution is 2.34. The number of hydrogen-bond donors (Lipinski definition) is 0. The van der Waals surface area contributed by atoms with Crippen molar-refractivity contribution in [2.45, 2.75) is 31.9 Å². The first-order valence-corrected chi connectivity index (χ1v) is 9.22. The van der Waals surface area contributed by atoms with E-state index in [-0.39, 0.29) is 11.5 Å². The fourth-order valence-electron chi connectivity index (χ4n) is 3.79. The van der Waals surface area contributed by atoms with Crippen LogP contribution < -0.4 is 4.74 Å². The van der Waals surface area contributed by atoms with Gasteiger partial charge in [-0.25, -0.2) is 4.98 Å². The smallest absolute Gasteiger partial charge is 0.259 e. The summed E-state index contributed by atoms with van der Waals surface area (Å²) in [4.78, 5) is 21.8. The third-order valence-electron chi connectivity index (χ3n) is 5.47. The van der Waals surface area contributed by atoms with Crippen LogP contribution in [0.15, 0.2) is 42.6 Å². The number of fused-ring (bicyclic) bond motifs is 1. The van der Waals surface area contributed by atoms with E-state index in [2.05, 4.69) is 48.1 Å².